The summed E-state index contributed by atoms with van der Waals surface area (Å²) in [6.45, 7) is 14.0. The molecule has 0 saturated carbocycles. The monoisotopic (exact) mass is 377 g/mol. The molecule has 0 saturated heterocycles. The summed E-state index contributed by atoms with van der Waals surface area (Å²) in [6.07, 6.45) is 0. The minimum Gasteiger partial charge on any atom is -0.354 e. The normalized spacial score (nSPS) is 11.9. The Kier molecular flexibility index (Phi) is 6.35. The second kappa shape index (κ2) is 8.74. The van der Waals surface area contributed by atoms with E-state index in [1.54, 1.807) is 0 Å². The van der Waals surface area contributed by atoms with Crippen LogP contribution in [-0.2, 0) is 6.54 Å². The van der Waals surface area contributed by atoms with Gasteiger partial charge in [0.2, 0.25) is 0 Å². The number of aryl methyl sites for hydroxylation is 1. The molecule has 3 rings (SSSR count). The van der Waals surface area contributed by atoms with Gasteiger partial charge in [-0.1, -0.05) is 69.7 Å². The summed E-state index contributed by atoms with van der Waals surface area (Å²) in [7, 11) is 0. The molecule has 3 nitrogen and oxygen atoms in total. The van der Waals surface area contributed by atoms with Gasteiger partial charge in [0.25, 0.3) is 0 Å². The van der Waals surface area contributed by atoms with Crippen molar-refractivity contribution in [2.45, 2.75) is 41.2 Å². The van der Waals surface area contributed by atoms with Crippen LogP contribution in [0.5, 0.6) is 0 Å². The van der Waals surface area contributed by atoms with Gasteiger partial charge in [-0.2, -0.15) is 0 Å². The van der Waals surface area contributed by atoms with Crippen molar-refractivity contribution in [3.63, 3.8) is 0 Å². The molecule has 1 aromatic heterocycles. The Morgan fingerprint density at radius 2 is 1.57 bits per heavy atom. The van der Waals surface area contributed by atoms with Crippen molar-refractivity contribution in [1.82, 2.24) is 4.98 Å². The third-order valence-corrected chi connectivity index (χ3v) is 5.14. The first-order chi connectivity index (χ1) is 13.3. The molecule has 3 aromatic rings. The molecular formula is C25H33N2O+. The zero-order valence-corrected chi connectivity index (χ0v) is 17.8. The number of hydrogen-bond acceptors (Lipinski definition) is 1. The van der Waals surface area contributed by atoms with E-state index in [4.69, 9.17) is 0 Å². The molecular weight excluding hydrogens is 344 g/mol. The highest BCUT2D eigenvalue weighted by molar-refractivity contribution is 5.83. The van der Waals surface area contributed by atoms with Gasteiger partial charge in [0, 0.05) is 22.7 Å². The molecule has 2 N–H and O–H groups in total. The summed E-state index contributed by atoms with van der Waals surface area (Å²) in [5.41, 5.74) is 5.14. The Hall–Kier alpha value is -2.39. The lowest BCUT2D eigenvalue weighted by molar-refractivity contribution is -0.919. The van der Waals surface area contributed by atoms with Crippen LogP contribution in [0, 0.1) is 18.8 Å². The van der Waals surface area contributed by atoms with Gasteiger partial charge < -0.3 is 9.88 Å². The van der Waals surface area contributed by atoms with Crippen molar-refractivity contribution in [3.8, 4) is 11.3 Å². The minimum absolute atomic E-state index is 0.168. The van der Waals surface area contributed by atoms with E-state index in [-0.39, 0.29) is 5.43 Å². The van der Waals surface area contributed by atoms with Crippen LogP contribution < -0.4 is 10.3 Å². The predicted octanol–water partition coefficient (Wildman–Crippen LogP) is 4.20. The number of aromatic nitrogens is 1. The molecule has 3 heteroatoms. The van der Waals surface area contributed by atoms with Crippen LogP contribution in [0.15, 0.2) is 53.3 Å². The molecule has 0 bridgehead atoms. The molecule has 0 unspecified atom stereocenters. The first-order valence-corrected chi connectivity index (χ1v) is 10.4. The highest BCUT2D eigenvalue weighted by atomic mass is 16.1. The van der Waals surface area contributed by atoms with E-state index in [0.717, 1.165) is 52.9 Å². The second-order valence-corrected chi connectivity index (χ2v) is 8.85. The number of nitrogens with one attached hydrogen (secondary N) is 2. The Morgan fingerprint density at radius 3 is 2.18 bits per heavy atom. The SMILES string of the molecule is Cc1ccc2[nH]c(-c3ccccc3)c(C[NH+](CC(C)C)CC(C)C)c(=O)c2c1. The van der Waals surface area contributed by atoms with Gasteiger partial charge in [0.1, 0.15) is 6.54 Å². The van der Waals surface area contributed by atoms with E-state index in [0.29, 0.717) is 11.8 Å². The van der Waals surface area contributed by atoms with Crippen LogP contribution in [0.3, 0.4) is 0 Å². The van der Waals surface area contributed by atoms with E-state index >= 15 is 0 Å². The van der Waals surface area contributed by atoms with Crippen LogP contribution in [0.1, 0.15) is 38.8 Å². The van der Waals surface area contributed by atoms with Crippen LogP contribution >= 0.6 is 0 Å². The van der Waals surface area contributed by atoms with E-state index in [1.807, 2.05) is 37.3 Å². The maximum Gasteiger partial charge on any atom is 0.198 e. The van der Waals surface area contributed by atoms with Gasteiger partial charge in [-0.15, -0.1) is 0 Å². The molecule has 0 spiro atoms. The zero-order chi connectivity index (χ0) is 20.3. The molecule has 2 aromatic carbocycles. The maximum absolute atomic E-state index is 13.5. The minimum atomic E-state index is 0.168. The van der Waals surface area contributed by atoms with Gasteiger partial charge in [0.05, 0.1) is 24.3 Å². The maximum atomic E-state index is 13.5. The summed E-state index contributed by atoms with van der Waals surface area (Å²) in [5.74, 6) is 1.19. The fourth-order valence-corrected chi connectivity index (χ4v) is 4.09. The Labute approximate surface area is 168 Å². The number of rotatable bonds is 7. The number of aromatic amines is 1. The number of fused-ring (bicyclic) bond motifs is 1. The van der Waals surface area contributed by atoms with E-state index < -0.39 is 0 Å². The van der Waals surface area contributed by atoms with E-state index in [1.165, 1.54) is 4.90 Å². The average molecular weight is 378 g/mol. The topological polar surface area (TPSA) is 37.3 Å². The Bertz CT molecular complexity index is 977. The predicted molar refractivity (Wildman–Crippen MR) is 119 cm³/mol. The summed E-state index contributed by atoms with van der Waals surface area (Å²) < 4.78 is 0. The lowest BCUT2D eigenvalue weighted by Gasteiger charge is -2.24. The summed E-state index contributed by atoms with van der Waals surface area (Å²) in [5, 5.41) is 0.795. The van der Waals surface area contributed by atoms with Gasteiger partial charge in [-0.25, -0.2) is 0 Å². The molecule has 0 amide bonds. The highest BCUT2D eigenvalue weighted by Gasteiger charge is 2.21. The van der Waals surface area contributed by atoms with Crippen molar-refractivity contribution in [3.05, 3.63) is 69.9 Å². The molecule has 0 fully saturated rings. The van der Waals surface area contributed by atoms with E-state index in [9.17, 15) is 4.79 Å². The average Bonchev–Trinajstić information content (AvgIpc) is 2.64. The van der Waals surface area contributed by atoms with Crippen molar-refractivity contribution < 1.29 is 4.90 Å². The Morgan fingerprint density at radius 1 is 0.929 bits per heavy atom. The van der Waals surface area contributed by atoms with Crippen LogP contribution in [0.2, 0.25) is 0 Å². The summed E-state index contributed by atoms with van der Waals surface area (Å²) >= 11 is 0. The summed E-state index contributed by atoms with van der Waals surface area (Å²) in [4.78, 5) is 18.6. The van der Waals surface area contributed by atoms with Crippen molar-refractivity contribution in [2.24, 2.45) is 11.8 Å². The lowest BCUT2D eigenvalue weighted by atomic mass is 10.0. The summed E-state index contributed by atoms with van der Waals surface area (Å²) in [6, 6.07) is 16.3. The standard InChI is InChI=1S/C25H32N2O/c1-17(2)14-27(15-18(3)4)16-22-24(20-9-7-6-8-10-20)26-23-12-11-19(5)13-21(23)25(22)28/h6-13,17-18H,14-16H2,1-5H3,(H,26,28)/p+1. The molecule has 148 valence electrons. The quantitative estimate of drug-likeness (QED) is 0.636. The van der Waals surface area contributed by atoms with Crippen LogP contribution in [0.25, 0.3) is 22.2 Å². The smallest absolute Gasteiger partial charge is 0.198 e. The molecule has 0 radical (unpaired) electrons. The first kappa shape index (κ1) is 20.3. The first-order valence-electron chi connectivity index (χ1n) is 10.4. The Balaban J connectivity index is 2.17. The van der Waals surface area contributed by atoms with Crippen LogP contribution in [-0.4, -0.2) is 18.1 Å². The number of H-pyrrole nitrogens is 1. The number of benzene rings is 2. The number of hydrogen-bond donors (Lipinski definition) is 2. The molecule has 0 aliphatic rings. The van der Waals surface area contributed by atoms with Crippen molar-refractivity contribution in [1.29, 1.82) is 0 Å². The van der Waals surface area contributed by atoms with Gasteiger partial charge in [0.15, 0.2) is 5.43 Å². The molecule has 1 heterocycles. The fourth-order valence-electron chi connectivity index (χ4n) is 4.09. The van der Waals surface area contributed by atoms with Gasteiger partial charge in [-0.3, -0.25) is 4.79 Å². The largest absolute Gasteiger partial charge is 0.354 e. The van der Waals surface area contributed by atoms with Crippen molar-refractivity contribution in [2.75, 3.05) is 13.1 Å². The van der Waals surface area contributed by atoms with Gasteiger partial charge >= 0.3 is 0 Å². The number of pyridine rings is 1. The lowest BCUT2D eigenvalue weighted by Crippen LogP contribution is -3.12. The molecule has 0 aliphatic heterocycles. The highest BCUT2D eigenvalue weighted by Crippen LogP contribution is 2.22. The van der Waals surface area contributed by atoms with Crippen molar-refractivity contribution >= 4 is 10.9 Å². The molecule has 0 atom stereocenters. The van der Waals surface area contributed by atoms with E-state index in [2.05, 4.69) is 50.9 Å². The number of quaternary nitrogens is 1. The van der Waals surface area contributed by atoms with Crippen LogP contribution in [0.4, 0.5) is 0 Å². The fraction of sp³-hybridized carbons (Fsp3) is 0.400. The second-order valence-electron chi connectivity index (χ2n) is 8.85. The third kappa shape index (κ3) is 4.71. The molecule has 28 heavy (non-hydrogen) atoms. The van der Waals surface area contributed by atoms with Gasteiger partial charge in [-0.05, 0) is 24.6 Å². The third-order valence-electron chi connectivity index (χ3n) is 5.14. The zero-order valence-electron chi connectivity index (χ0n) is 17.8. The molecule has 0 aliphatic carbocycles.